The SMILES string of the molecule is COc1ccccc1OCC(=O)N1CCN(CCO)CC1. The maximum Gasteiger partial charge on any atom is 0.260 e. The molecule has 1 aromatic carbocycles. The van der Waals surface area contributed by atoms with Gasteiger partial charge in [0, 0.05) is 32.7 Å². The van der Waals surface area contributed by atoms with Gasteiger partial charge in [0.15, 0.2) is 18.1 Å². The number of piperazine rings is 1. The molecule has 1 fully saturated rings. The van der Waals surface area contributed by atoms with Crippen LogP contribution in [-0.4, -0.2) is 73.9 Å². The zero-order chi connectivity index (χ0) is 15.1. The van der Waals surface area contributed by atoms with Crippen molar-refractivity contribution in [2.45, 2.75) is 0 Å². The normalized spacial score (nSPS) is 15.8. The minimum absolute atomic E-state index is 0.0143. The number of para-hydroxylation sites is 2. The molecule has 6 heteroatoms. The first kappa shape index (κ1) is 15.6. The monoisotopic (exact) mass is 294 g/mol. The molecule has 0 bridgehead atoms. The minimum atomic E-state index is -0.0236. The van der Waals surface area contributed by atoms with Gasteiger partial charge in [0.05, 0.1) is 13.7 Å². The number of β-amino-alcohol motifs (C(OH)–C–C–N with tert-alkyl or cyclic N) is 1. The highest BCUT2D eigenvalue weighted by atomic mass is 16.5. The summed E-state index contributed by atoms with van der Waals surface area (Å²) < 4.78 is 10.7. The van der Waals surface area contributed by atoms with Crippen molar-refractivity contribution in [3.63, 3.8) is 0 Å². The summed E-state index contributed by atoms with van der Waals surface area (Å²) in [5, 5.41) is 8.90. The van der Waals surface area contributed by atoms with E-state index in [1.54, 1.807) is 24.1 Å². The number of methoxy groups -OCH3 is 1. The summed E-state index contributed by atoms with van der Waals surface area (Å²) in [6, 6.07) is 7.28. The molecular weight excluding hydrogens is 272 g/mol. The topological polar surface area (TPSA) is 62.2 Å². The minimum Gasteiger partial charge on any atom is -0.493 e. The average Bonchev–Trinajstić information content (AvgIpc) is 2.54. The average molecular weight is 294 g/mol. The predicted octanol–water partition coefficient (Wildman–Crippen LogP) is 0.210. The molecule has 1 aromatic rings. The van der Waals surface area contributed by atoms with Crippen molar-refractivity contribution in [2.75, 3.05) is 53.0 Å². The molecule has 1 aliphatic heterocycles. The number of rotatable bonds is 6. The van der Waals surface area contributed by atoms with Crippen LogP contribution in [-0.2, 0) is 4.79 Å². The van der Waals surface area contributed by atoms with Gasteiger partial charge < -0.3 is 19.5 Å². The van der Waals surface area contributed by atoms with E-state index in [0.29, 0.717) is 31.1 Å². The van der Waals surface area contributed by atoms with Gasteiger partial charge in [-0.2, -0.15) is 0 Å². The number of nitrogens with zero attached hydrogens (tertiary/aromatic N) is 2. The van der Waals surface area contributed by atoms with Crippen LogP contribution in [0.25, 0.3) is 0 Å². The lowest BCUT2D eigenvalue weighted by Gasteiger charge is -2.34. The maximum absolute atomic E-state index is 12.1. The van der Waals surface area contributed by atoms with E-state index in [0.717, 1.165) is 13.1 Å². The molecule has 1 N–H and O–H groups in total. The Hall–Kier alpha value is -1.79. The van der Waals surface area contributed by atoms with Gasteiger partial charge in [-0.1, -0.05) is 12.1 Å². The van der Waals surface area contributed by atoms with Crippen LogP contribution in [0.4, 0.5) is 0 Å². The molecule has 0 atom stereocenters. The zero-order valence-electron chi connectivity index (χ0n) is 12.3. The van der Waals surface area contributed by atoms with Crippen LogP contribution < -0.4 is 9.47 Å². The molecule has 1 amide bonds. The molecule has 0 aliphatic carbocycles. The predicted molar refractivity (Wildman–Crippen MR) is 78.6 cm³/mol. The van der Waals surface area contributed by atoms with Crippen LogP contribution in [0.15, 0.2) is 24.3 Å². The number of aliphatic hydroxyl groups excluding tert-OH is 1. The Bertz CT molecular complexity index is 459. The van der Waals surface area contributed by atoms with E-state index >= 15 is 0 Å². The van der Waals surface area contributed by atoms with E-state index in [-0.39, 0.29) is 19.1 Å². The van der Waals surface area contributed by atoms with Crippen molar-refractivity contribution >= 4 is 5.91 Å². The molecule has 0 spiro atoms. The number of carbonyl (C=O) groups excluding carboxylic acids is 1. The second-order valence-electron chi connectivity index (χ2n) is 4.89. The summed E-state index contributed by atoms with van der Waals surface area (Å²) >= 11 is 0. The summed E-state index contributed by atoms with van der Waals surface area (Å²) in [4.78, 5) is 16.1. The first-order valence-corrected chi connectivity index (χ1v) is 7.11. The third-order valence-electron chi connectivity index (χ3n) is 3.56. The van der Waals surface area contributed by atoms with Crippen LogP contribution in [0, 0.1) is 0 Å². The summed E-state index contributed by atoms with van der Waals surface area (Å²) in [7, 11) is 1.57. The van der Waals surface area contributed by atoms with Gasteiger partial charge in [-0.3, -0.25) is 9.69 Å². The second kappa shape index (κ2) is 7.85. The van der Waals surface area contributed by atoms with Crippen LogP contribution in [0.1, 0.15) is 0 Å². The maximum atomic E-state index is 12.1. The summed E-state index contributed by atoms with van der Waals surface area (Å²) in [5.41, 5.74) is 0. The molecular formula is C15H22N2O4. The Morgan fingerprint density at radius 2 is 1.86 bits per heavy atom. The number of hydrogen-bond acceptors (Lipinski definition) is 5. The second-order valence-corrected chi connectivity index (χ2v) is 4.89. The summed E-state index contributed by atoms with van der Waals surface area (Å²) in [5.74, 6) is 1.18. The molecule has 0 saturated carbocycles. The molecule has 0 radical (unpaired) electrons. The van der Waals surface area contributed by atoms with Gasteiger partial charge in [-0.25, -0.2) is 0 Å². The number of amides is 1. The molecule has 1 aliphatic rings. The van der Waals surface area contributed by atoms with Crippen molar-refractivity contribution in [3.8, 4) is 11.5 Å². The fraction of sp³-hybridized carbons (Fsp3) is 0.533. The lowest BCUT2D eigenvalue weighted by atomic mass is 10.3. The highest BCUT2D eigenvalue weighted by molar-refractivity contribution is 5.78. The summed E-state index contributed by atoms with van der Waals surface area (Å²) in [6.45, 7) is 3.77. The third-order valence-corrected chi connectivity index (χ3v) is 3.56. The standard InChI is InChI=1S/C15H22N2O4/c1-20-13-4-2-3-5-14(13)21-12-15(19)17-8-6-16(7-9-17)10-11-18/h2-5,18H,6-12H2,1H3. The fourth-order valence-electron chi connectivity index (χ4n) is 2.33. The molecule has 0 aromatic heterocycles. The Morgan fingerprint density at radius 1 is 1.19 bits per heavy atom. The lowest BCUT2D eigenvalue weighted by molar-refractivity contribution is -0.135. The molecule has 1 heterocycles. The Morgan fingerprint density at radius 3 is 2.48 bits per heavy atom. The smallest absolute Gasteiger partial charge is 0.260 e. The molecule has 21 heavy (non-hydrogen) atoms. The molecule has 116 valence electrons. The Kier molecular flexibility index (Phi) is 5.83. The van der Waals surface area contributed by atoms with Gasteiger partial charge in [0.2, 0.25) is 0 Å². The molecule has 2 rings (SSSR count). The van der Waals surface area contributed by atoms with Crippen LogP contribution in [0.5, 0.6) is 11.5 Å². The van der Waals surface area contributed by atoms with Gasteiger partial charge in [0.1, 0.15) is 0 Å². The van der Waals surface area contributed by atoms with Gasteiger partial charge in [-0.15, -0.1) is 0 Å². The van der Waals surface area contributed by atoms with E-state index < -0.39 is 0 Å². The number of aliphatic hydroxyl groups is 1. The highest BCUT2D eigenvalue weighted by Gasteiger charge is 2.21. The van der Waals surface area contributed by atoms with Crippen molar-refractivity contribution in [3.05, 3.63) is 24.3 Å². The van der Waals surface area contributed by atoms with Crippen LogP contribution >= 0.6 is 0 Å². The molecule has 6 nitrogen and oxygen atoms in total. The zero-order valence-corrected chi connectivity index (χ0v) is 12.3. The van der Waals surface area contributed by atoms with Gasteiger partial charge in [-0.05, 0) is 12.1 Å². The lowest BCUT2D eigenvalue weighted by Crippen LogP contribution is -2.50. The largest absolute Gasteiger partial charge is 0.493 e. The first-order chi connectivity index (χ1) is 10.2. The van der Waals surface area contributed by atoms with E-state index in [1.807, 2.05) is 12.1 Å². The van der Waals surface area contributed by atoms with E-state index in [2.05, 4.69) is 4.90 Å². The Labute approximate surface area is 124 Å². The number of hydrogen-bond donors (Lipinski definition) is 1. The fourth-order valence-corrected chi connectivity index (χ4v) is 2.33. The highest BCUT2D eigenvalue weighted by Crippen LogP contribution is 2.25. The van der Waals surface area contributed by atoms with E-state index in [1.165, 1.54) is 0 Å². The molecule has 0 unspecified atom stereocenters. The quantitative estimate of drug-likeness (QED) is 0.813. The Balaban J connectivity index is 1.80. The van der Waals surface area contributed by atoms with Gasteiger partial charge in [0.25, 0.3) is 5.91 Å². The third kappa shape index (κ3) is 4.34. The number of carbonyl (C=O) groups is 1. The van der Waals surface area contributed by atoms with E-state index in [4.69, 9.17) is 14.6 Å². The number of benzene rings is 1. The van der Waals surface area contributed by atoms with E-state index in [9.17, 15) is 4.79 Å². The van der Waals surface area contributed by atoms with Crippen LogP contribution in [0.3, 0.4) is 0 Å². The summed E-state index contributed by atoms with van der Waals surface area (Å²) in [6.07, 6.45) is 0. The van der Waals surface area contributed by atoms with Gasteiger partial charge >= 0.3 is 0 Å². The van der Waals surface area contributed by atoms with Crippen molar-refractivity contribution in [1.82, 2.24) is 9.80 Å². The van der Waals surface area contributed by atoms with Crippen LogP contribution in [0.2, 0.25) is 0 Å². The van der Waals surface area contributed by atoms with Crippen molar-refractivity contribution in [2.24, 2.45) is 0 Å². The first-order valence-electron chi connectivity index (χ1n) is 7.11. The van der Waals surface area contributed by atoms with Crippen molar-refractivity contribution < 1.29 is 19.4 Å². The number of ether oxygens (including phenoxy) is 2. The molecule has 1 saturated heterocycles. The van der Waals surface area contributed by atoms with Crippen molar-refractivity contribution in [1.29, 1.82) is 0 Å².